The maximum absolute atomic E-state index is 13.4. The molecule has 0 aromatic carbocycles. The summed E-state index contributed by atoms with van der Waals surface area (Å²) in [5.41, 5.74) is 0.104. The number of carbonyl (C=O) groups is 2. The summed E-state index contributed by atoms with van der Waals surface area (Å²) in [6.07, 6.45) is 12.3. The van der Waals surface area contributed by atoms with Crippen LogP contribution in [0.2, 0.25) is 0 Å². The third-order valence-corrected chi connectivity index (χ3v) is 6.79. The number of hydrogen-bond acceptors (Lipinski definition) is 5. The monoisotopic (exact) mass is 385 g/mol. The van der Waals surface area contributed by atoms with Crippen LogP contribution in [-0.2, 0) is 4.79 Å². The number of carbonyl (C=O) groups excluding carboxylic acids is 2. The second kappa shape index (κ2) is 8.05. The first kappa shape index (κ1) is 19.2. The van der Waals surface area contributed by atoms with Crippen LogP contribution in [0.4, 0.5) is 5.95 Å². The van der Waals surface area contributed by atoms with E-state index in [0.717, 1.165) is 32.4 Å². The van der Waals surface area contributed by atoms with Crippen LogP contribution in [0, 0.1) is 11.3 Å². The Balaban J connectivity index is 1.41. The van der Waals surface area contributed by atoms with Crippen molar-refractivity contribution in [2.45, 2.75) is 51.4 Å². The van der Waals surface area contributed by atoms with Crippen LogP contribution in [0.25, 0.3) is 0 Å². The highest BCUT2D eigenvalue weighted by molar-refractivity contribution is 5.95. The molecule has 7 nitrogen and oxygen atoms in total. The Morgan fingerprint density at radius 1 is 1.14 bits per heavy atom. The average molecular weight is 386 g/mol. The standard InChI is InChI=1S/C21H31N5O2/c1-22-20-23-12-17(13-24-20)18(27)26-11-9-21(15-26)8-5-10-25(19(21)28)14-16-6-3-2-4-7-16/h12-13,16H,2-11,14-15H2,1H3,(H,22,23,24). The van der Waals surface area contributed by atoms with Gasteiger partial charge in [0, 0.05) is 45.6 Å². The van der Waals surface area contributed by atoms with Crippen LogP contribution in [0.1, 0.15) is 61.7 Å². The lowest BCUT2D eigenvalue weighted by Crippen LogP contribution is -2.51. The van der Waals surface area contributed by atoms with Crippen molar-refractivity contribution in [1.82, 2.24) is 19.8 Å². The number of aromatic nitrogens is 2. The summed E-state index contributed by atoms with van der Waals surface area (Å²) in [5, 5.41) is 2.86. The average Bonchev–Trinajstić information content (AvgIpc) is 3.17. The van der Waals surface area contributed by atoms with Gasteiger partial charge in [-0.1, -0.05) is 19.3 Å². The van der Waals surface area contributed by atoms with Gasteiger partial charge in [-0.2, -0.15) is 0 Å². The molecule has 4 rings (SSSR count). The fourth-order valence-corrected chi connectivity index (χ4v) is 5.18. The largest absolute Gasteiger partial charge is 0.357 e. The number of likely N-dealkylation sites (tertiary alicyclic amines) is 2. The molecule has 1 atom stereocenters. The van der Waals surface area contributed by atoms with Gasteiger partial charge < -0.3 is 15.1 Å². The molecule has 1 aromatic heterocycles. The zero-order chi connectivity index (χ0) is 19.6. The van der Waals surface area contributed by atoms with Crippen molar-refractivity contribution >= 4 is 17.8 Å². The molecule has 2 saturated heterocycles. The van der Waals surface area contributed by atoms with Gasteiger partial charge >= 0.3 is 0 Å². The molecule has 7 heteroatoms. The third kappa shape index (κ3) is 3.71. The summed E-state index contributed by atoms with van der Waals surface area (Å²) in [4.78, 5) is 38.5. The summed E-state index contributed by atoms with van der Waals surface area (Å²) >= 11 is 0. The molecule has 152 valence electrons. The minimum atomic E-state index is -0.381. The van der Waals surface area contributed by atoms with Crippen molar-refractivity contribution in [3.63, 3.8) is 0 Å². The van der Waals surface area contributed by atoms with Gasteiger partial charge in [0.05, 0.1) is 11.0 Å². The molecule has 1 saturated carbocycles. The number of rotatable bonds is 4. The summed E-state index contributed by atoms with van der Waals surface area (Å²) in [5.74, 6) is 1.36. The quantitative estimate of drug-likeness (QED) is 0.862. The van der Waals surface area contributed by atoms with Crippen molar-refractivity contribution < 1.29 is 9.59 Å². The van der Waals surface area contributed by atoms with Crippen molar-refractivity contribution in [3.8, 4) is 0 Å². The van der Waals surface area contributed by atoms with Crippen molar-refractivity contribution in [3.05, 3.63) is 18.0 Å². The van der Waals surface area contributed by atoms with Gasteiger partial charge in [0.15, 0.2) is 0 Å². The highest BCUT2D eigenvalue weighted by Crippen LogP contribution is 2.41. The molecule has 1 unspecified atom stereocenters. The Bertz CT molecular complexity index is 716. The fraction of sp³-hybridized carbons (Fsp3) is 0.714. The number of amides is 2. The molecule has 0 radical (unpaired) electrons. The molecule has 1 N–H and O–H groups in total. The van der Waals surface area contributed by atoms with Gasteiger partial charge in [0.2, 0.25) is 11.9 Å². The highest BCUT2D eigenvalue weighted by atomic mass is 16.2. The number of anilines is 1. The molecule has 1 aliphatic carbocycles. The molecule has 1 spiro atoms. The molecule has 1 aromatic rings. The third-order valence-electron chi connectivity index (χ3n) is 6.79. The van der Waals surface area contributed by atoms with E-state index in [1.54, 1.807) is 19.4 Å². The normalized spacial score (nSPS) is 26.1. The lowest BCUT2D eigenvalue weighted by atomic mass is 9.77. The molecule has 28 heavy (non-hydrogen) atoms. The number of nitrogens with one attached hydrogen (secondary N) is 1. The van der Waals surface area contributed by atoms with E-state index in [2.05, 4.69) is 20.2 Å². The van der Waals surface area contributed by atoms with E-state index in [-0.39, 0.29) is 17.2 Å². The van der Waals surface area contributed by atoms with Crippen LogP contribution in [0.15, 0.2) is 12.4 Å². The molecule has 3 heterocycles. The smallest absolute Gasteiger partial charge is 0.257 e. The first-order valence-electron chi connectivity index (χ1n) is 10.7. The van der Waals surface area contributed by atoms with E-state index in [4.69, 9.17) is 0 Å². The summed E-state index contributed by atoms with van der Waals surface area (Å²) in [6.45, 7) is 2.95. The Labute approximate surface area is 166 Å². The topological polar surface area (TPSA) is 78.4 Å². The van der Waals surface area contributed by atoms with Crippen LogP contribution >= 0.6 is 0 Å². The molecular weight excluding hydrogens is 354 g/mol. The highest BCUT2D eigenvalue weighted by Gasteiger charge is 2.49. The first-order valence-corrected chi connectivity index (χ1v) is 10.7. The van der Waals surface area contributed by atoms with Gasteiger partial charge in [0.1, 0.15) is 0 Å². The zero-order valence-corrected chi connectivity index (χ0v) is 16.8. The lowest BCUT2D eigenvalue weighted by Gasteiger charge is -2.41. The van der Waals surface area contributed by atoms with Gasteiger partial charge in [-0.05, 0) is 38.0 Å². The second-order valence-electron chi connectivity index (χ2n) is 8.66. The predicted octanol–water partition coefficient (Wildman–Crippen LogP) is 2.55. The molecule has 3 fully saturated rings. The van der Waals surface area contributed by atoms with E-state index in [1.807, 2.05) is 4.90 Å². The Morgan fingerprint density at radius 2 is 1.89 bits per heavy atom. The fourth-order valence-electron chi connectivity index (χ4n) is 5.18. The SMILES string of the molecule is CNc1ncc(C(=O)N2CCC3(CCCN(CC4CCCCC4)C3=O)C2)cn1. The predicted molar refractivity (Wildman–Crippen MR) is 107 cm³/mol. The molecule has 2 aliphatic heterocycles. The van der Waals surface area contributed by atoms with Crippen LogP contribution in [-0.4, -0.2) is 64.8 Å². The van der Waals surface area contributed by atoms with Crippen molar-refractivity contribution in [2.24, 2.45) is 11.3 Å². The Hall–Kier alpha value is -2.18. The zero-order valence-electron chi connectivity index (χ0n) is 16.8. The number of hydrogen-bond donors (Lipinski definition) is 1. The van der Waals surface area contributed by atoms with Crippen molar-refractivity contribution in [1.29, 1.82) is 0 Å². The van der Waals surface area contributed by atoms with Gasteiger partial charge in [-0.15, -0.1) is 0 Å². The van der Waals surface area contributed by atoms with Gasteiger partial charge in [-0.3, -0.25) is 9.59 Å². The van der Waals surface area contributed by atoms with Gasteiger partial charge in [0.25, 0.3) is 5.91 Å². The van der Waals surface area contributed by atoms with Gasteiger partial charge in [-0.25, -0.2) is 9.97 Å². The molecular formula is C21H31N5O2. The van der Waals surface area contributed by atoms with Crippen molar-refractivity contribution in [2.75, 3.05) is 38.5 Å². The summed E-state index contributed by atoms with van der Waals surface area (Å²) < 4.78 is 0. The first-order chi connectivity index (χ1) is 13.6. The second-order valence-corrected chi connectivity index (χ2v) is 8.66. The molecule has 3 aliphatic rings. The Morgan fingerprint density at radius 3 is 2.61 bits per heavy atom. The van der Waals surface area contributed by atoms with E-state index in [9.17, 15) is 9.59 Å². The van der Waals surface area contributed by atoms with E-state index < -0.39 is 0 Å². The molecule has 2 amide bonds. The lowest BCUT2D eigenvalue weighted by molar-refractivity contribution is -0.146. The minimum Gasteiger partial charge on any atom is -0.357 e. The number of nitrogens with zero attached hydrogens (tertiary/aromatic N) is 4. The summed E-state index contributed by atoms with van der Waals surface area (Å²) in [6, 6.07) is 0. The summed E-state index contributed by atoms with van der Waals surface area (Å²) in [7, 11) is 1.74. The van der Waals surface area contributed by atoms with E-state index >= 15 is 0 Å². The minimum absolute atomic E-state index is 0.0725. The van der Waals surface area contributed by atoms with Crippen LogP contribution in [0.3, 0.4) is 0 Å². The van der Waals surface area contributed by atoms with E-state index in [1.165, 1.54) is 32.1 Å². The molecule has 0 bridgehead atoms. The maximum atomic E-state index is 13.4. The van der Waals surface area contributed by atoms with Crippen LogP contribution in [0.5, 0.6) is 0 Å². The van der Waals surface area contributed by atoms with Crippen LogP contribution < -0.4 is 5.32 Å². The van der Waals surface area contributed by atoms with E-state index in [0.29, 0.717) is 30.5 Å². The maximum Gasteiger partial charge on any atom is 0.257 e. The number of piperidine rings is 1. The Kier molecular flexibility index (Phi) is 5.51.